The van der Waals surface area contributed by atoms with Crippen LogP contribution in [0.2, 0.25) is 30.1 Å². The van der Waals surface area contributed by atoms with Crippen LogP contribution < -0.4 is 20.3 Å². The van der Waals surface area contributed by atoms with Gasteiger partial charge in [-0.3, -0.25) is 9.80 Å². The molecule has 0 spiro atoms. The number of nitrogens with one attached hydrogen (secondary N) is 1. The first-order valence-corrected chi connectivity index (χ1v) is 29.1. The van der Waals surface area contributed by atoms with E-state index >= 15 is 0 Å². The minimum absolute atomic E-state index is 0.0832. The second-order valence-electron chi connectivity index (χ2n) is 17.3. The highest BCUT2D eigenvalue weighted by atomic mass is 35.7. The van der Waals surface area contributed by atoms with Crippen molar-refractivity contribution in [2.45, 2.75) is 81.1 Å². The molecule has 20 heteroatoms. The van der Waals surface area contributed by atoms with Gasteiger partial charge in [0.2, 0.25) is 19.1 Å². The molecule has 4 fully saturated rings. The third kappa shape index (κ3) is 16.1. The fourth-order valence-corrected chi connectivity index (χ4v) is 12.3. The molecule has 0 unspecified atom stereocenters. The smallest absolute Gasteiger partial charge is 0.235 e. The SMILES string of the molecule is CCN(CC)CC.CN1CCN(c2ccc(Cl)cc2Cl)[C@@H](c2ccc(Cl)cc2)[C@H]1CN.CN1CCN(c2ccc(Cl)cc2Cl)[C@@H](c2ccc(Cl)cc2)[C@H]1CNS(=O)(=O)C1CC1.O=S(=O)(Cl)C1CC1. The number of halogens is 7. The number of rotatable bonds is 13. The number of hydrogen-bond donors (Lipinski definition) is 2. The van der Waals surface area contributed by atoms with E-state index in [-0.39, 0.29) is 34.7 Å². The highest BCUT2D eigenvalue weighted by molar-refractivity contribution is 8.14. The molecule has 2 heterocycles. The molecule has 0 bridgehead atoms. The highest BCUT2D eigenvalue weighted by Crippen LogP contribution is 2.41. The molecule has 11 nitrogen and oxygen atoms in total. The summed E-state index contributed by atoms with van der Waals surface area (Å²) in [5.74, 6) is 0. The quantitative estimate of drug-likeness (QED) is 0.125. The Kier molecular flexibility index (Phi) is 22.0. The molecular formula is C48H64Cl7N7O4S2. The molecule has 0 radical (unpaired) electrons. The number of hydrogen-bond acceptors (Lipinski definition) is 10. The number of likely N-dealkylation sites (N-methyl/N-ethyl adjacent to an activating group) is 2. The lowest BCUT2D eigenvalue weighted by Crippen LogP contribution is -2.57. The summed E-state index contributed by atoms with van der Waals surface area (Å²) in [5.41, 5.74) is 10.2. The first kappa shape index (κ1) is 57.1. The van der Waals surface area contributed by atoms with E-state index in [1.165, 1.54) is 25.2 Å². The van der Waals surface area contributed by atoms with Gasteiger partial charge in [-0.25, -0.2) is 21.6 Å². The third-order valence-electron chi connectivity index (χ3n) is 12.7. The van der Waals surface area contributed by atoms with Gasteiger partial charge in [-0.2, -0.15) is 0 Å². The van der Waals surface area contributed by atoms with Crippen molar-refractivity contribution in [3.05, 3.63) is 126 Å². The Bertz CT molecular complexity index is 2440. The van der Waals surface area contributed by atoms with E-state index in [0.717, 1.165) is 73.8 Å². The van der Waals surface area contributed by atoms with Crippen LogP contribution in [-0.4, -0.2) is 127 Å². The Labute approximate surface area is 439 Å². The van der Waals surface area contributed by atoms with Gasteiger partial charge in [-0.15, -0.1) is 0 Å². The summed E-state index contributed by atoms with van der Waals surface area (Å²) in [6.45, 7) is 14.3. The highest BCUT2D eigenvalue weighted by Gasteiger charge is 2.41. The van der Waals surface area contributed by atoms with E-state index in [2.05, 4.69) is 69.2 Å². The summed E-state index contributed by atoms with van der Waals surface area (Å²) in [7, 11) is 2.61. The summed E-state index contributed by atoms with van der Waals surface area (Å²) in [6, 6.07) is 26.9. The lowest BCUT2D eigenvalue weighted by atomic mass is 9.93. The summed E-state index contributed by atoms with van der Waals surface area (Å²) < 4.78 is 48.1. The molecule has 68 heavy (non-hydrogen) atoms. The Morgan fingerprint density at radius 2 is 0.956 bits per heavy atom. The standard InChI is InChI=1S/C21H24Cl3N3O2S.C18H20Cl3N3.C6H15N.C3H5ClO2S/c1-26-10-11-27(19-9-6-16(23)12-18(19)24)21(14-2-4-15(22)5-3-14)20(26)13-25-30(28,29)17-7-8-17;1-23-8-9-24(16-7-6-14(20)10-15(16)21)18(17(23)11-22)12-2-4-13(19)5-3-12;1-4-7(5-2)6-3;4-7(5,6)3-1-2-3/h2-6,9,12,17,20-21,25H,7-8,10-11,13H2,1H3;2-7,10,17-18H,8-9,11,22H2,1H3;4-6H2,1-3H3;3H,1-2H2/t20-,21+;17-,18+;;/m11../s1. The first-order chi connectivity index (χ1) is 32.2. The van der Waals surface area contributed by atoms with E-state index in [9.17, 15) is 16.8 Å². The van der Waals surface area contributed by atoms with Crippen molar-refractivity contribution in [1.29, 1.82) is 0 Å². The van der Waals surface area contributed by atoms with E-state index in [1.54, 1.807) is 12.1 Å². The van der Waals surface area contributed by atoms with Crippen LogP contribution in [0.3, 0.4) is 0 Å². The molecule has 2 saturated heterocycles. The third-order valence-corrected chi connectivity index (χ3v) is 18.3. The van der Waals surface area contributed by atoms with Crippen molar-refractivity contribution in [2.24, 2.45) is 5.73 Å². The fourth-order valence-electron chi connectivity index (χ4n) is 8.43. The van der Waals surface area contributed by atoms with Gasteiger partial charge in [0, 0.05) is 82.1 Å². The largest absolute Gasteiger partial charge is 0.360 e. The number of nitrogens with two attached hydrogens (primary N) is 1. The van der Waals surface area contributed by atoms with Crippen LogP contribution in [0.25, 0.3) is 0 Å². The number of piperazine rings is 2. The summed E-state index contributed by atoms with van der Waals surface area (Å²) in [6.07, 6.45) is 2.99. The lowest BCUT2D eigenvalue weighted by Gasteiger charge is -2.48. The zero-order chi connectivity index (χ0) is 49.9. The van der Waals surface area contributed by atoms with Crippen LogP contribution in [0.5, 0.6) is 0 Å². The topological polar surface area (TPSA) is 123 Å². The predicted molar refractivity (Wildman–Crippen MR) is 289 cm³/mol. The van der Waals surface area contributed by atoms with Crippen LogP contribution >= 0.6 is 80.3 Å². The lowest BCUT2D eigenvalue weighted by molar-refractivity contribution is 0.176. The van der Waals surface area contributed by atoms with Crippen molar-refractivity contribution < 1.29 is 16.8 Å². The maximum Gasteiger partial charge on any atom is 0.235 e. The molecule has 3 N–H and O–H groups in total. The van der Waals surface area contributed by atoms with Gasteiger partial charge in [0.1, 0.15) is 0 Å². The number of sulfonamides is 1. The van der Waals surface area contributed by atoms with Crippen LogP contribution in [0.15, 0.2) is 84.9 Å². The van der Waals surface area contributed by atoms with Gasteiger partial charge in [0.25, 0.3) is 0 Å². The Morgan fingerprint density at radius 1 is 0.574 bits per heavy atom. The number of nitrogens with zero attached hydrogens (tertiary/aromatic N) is 5. The van der Waals surface area contributed by atoms with Crippen molar-refractivity contribution in [3.63, 3.8) is 0 Å². The van der Waals surface area contributed by atoms with E-state index in [1.807, 2.05) is 67.7 Å². The van der Waals surface area contributed by atoms with Crippen molar-refractivity contribution in [2.75, 3.05) is 82.8 Å². The van der Waals surface area contributed by atoms with E-state index in [4.69, 9.17) is 86.0 Å². The minimum Gasteiger partial charge on any atom is -0.360 e. The molecular weight excluding hydrogens is 1050 g/mol. The predicted octanol–water partition coefficient (Wildman–Crippen LogP) is 11.1. The average molecular weight is 1120 g/mol. The van der Waals surface area contributed by atoms with Gasteiger partial charge >= 0.3 is 0 Å². The molecule has 0 amide bonds. The monoisotopic (exact) mass is 1110 g/mol. The summed E-state index contributed by atoms with van der Waals surface area (Å²) in [4.78, 5) is 11.4. The van der Waals surface area contributed by atoms with Crippen LogP contribution in [0.1, 0.15) is 69.7 Å². The molecule has 0 aromatic heterocycles. The van der Waals surface area contributed by atoms with Crippen LogP contribution in [-0.2, 0) is 19.1 Å². The molecule has 4 aromatic carbocycles. The second-order valence-corrected chi connectivity index (χ2v) is 24.8. The van der Waals surface area contributed by atoms with Gasteiger partial charge in [-0.1, -0.05) is 115 Å². The van der Waals surface area contributed by atoms with Crippen LogP contribution in [0.4, 0.5) is 11.4 Å². The first-order valence-electron chi connectivity index (χ1n) is 22.9. The summed E-state index contributed by atoms with van der Waals surface area (Å²) >= 11 is 37.4. The van der Waals surface area contributed by atoms with Crippen molar-refractivity contribution in [1.82, 2.24) is 19.4 Å². The fraction of sp³-hybridized carbons (Fsp3) is 0.500. The molecule has 376 valence electrons. The Morgan fingerprint density at radius 3 is 1.28 bits per heavy atom. The molecule has 4 aliphatic rings. The zero-order valence-corrected chi connectivity index (χ0v) is 46.1. The van der Waals surface area contributed by atoms with E-state index in [0.29, 0.717) is 38.2 Å². The Balaban J connectivity index is 0.000000201. The minimum atomic E-state index is -3.28. The molecule has 4 aromatic rings. The summed E-state index contributed by atoms with van der Waals surface area (Å²) in [5, 5.41) is 3.36. The molecule has 8 rings (SSSR count). The zero-order valence-electron chi connectivity index (χ0n) is 39.1. The normalized spacial score (nSPS) is 21.3. The number of benzene rings is 4. The maximum atomic E-state index is 12.5. The Hall–Kier alpha value is -1.79. The molecule has 2 aliphatic heterocycles. The van der Waals surface area contributed by atoms with Gasteiger partial charge in [-0.05, 0) is 131 Å². The van der Waals surface area contributed by atoms with Gasteiger partial charge in [0.05, 0.1) is 44.0 Å². The molecule has 2 aliphatic carbocycles. The molecule has 4 atom stereocenters. The van der Waals surface area contributed by atoms with Gasteiger partial charge < -0.3 is 20.4 Å². The number of anilines is 2. The average Bonchev–Trinajstić information content (AvgIpc) is 4.22. The van der Waals surface area contributed by atoms with E-state index < -0.39 is 19.1 Å². The molecule has 2 saturated carbocycles. The van der Waals surface area contributed by atoms with Crippen molar-refractivity contribution in [3.8, 4) is 0 Å². The van der Waals surface area contributed by atoms with Crippen LogP contribution in [0, 0.1) is 0 Å². The second kappa shape index (κ2) is 26.2. The van der Waals surface area contributed by atoms with Crippen molar-refractivity contribution >= 4 is 111 Å². The maximum absolute atomic E-state index is 12.5. The van der Waals surface area contributed by atoms with Gasteiger partial charge in [0.15, 0.2) is 0 Å².